The van der Waals surface area contributed by atoms with Gasteiger partial charge in [0.25, 0.3) is 0 Å². The van der Waals surface area contributed by atoms with Crippen molar-refractivity contribution in [3.8, 4) is 5.69 Å². The highest BCUT2D eigenvalue weighted by Gasteiger charge is 2.07. The predicted molar refractivity (Wildman–Crippen MR) is 64.6 cm³/mol. The van der Waals surface area contributed by atoms with Gasteiger partial charge in [-0.3, -0.25) is 0 Å². The molecule has 0 bridgehead atoms. The highest BCUT2D eigenvalue weighted by Crippen LogP contribution is 2.22. The van der Waals surface area contributed by atoms with E-state index in [2.05, 4.69) is 0 Å². The fourth-order valence-corrected chi connectivity index (χ4v) is 2.08. The molecule has 17 heavy (non-hydrogen) atoms. The molecule has 1 heterocycles. The lowest BCUT2D eigenvalue weighted by Crippen LogP contribution is -2.22. The Kier molecular flexibility index (Phi) is 2.94. The maximum absolute atomic E-state index is 10.9. The summed E-state index contributed by atoms with van der Waals surface area (Å²) in [6, 6.07) is 8.83. The largest absolute Gasteiger partial charge is 0.545 e. The number of aryl methyl sites for hydroxylation is 2. The molecule has 0 aliphatic carbocycles. The first-order chi connectivity index (χ1) is 8.00. The standard InChI is InChI=1S/C13H12ClNO2/c1-8-3-4-9(2)15(8)10-5-6-12(14)11(7-10)13(16)17/h3-7H,1-2H3,(H,16,17)/p-1. The van der Waals surface area contributed by atoms with E-state index in [-0.39, 0.29) is 10.6 Å². The fourth-order valence-electron chi connectivity index (χ4n) is 1.88. The Labute approximate surface area is 104 Å². The van der Waals surface area contributed by atoms with Gasteiger partial charge in [-0.05, 0) is 44.2 Å². The van der Waals surface area contributed by atoms with Gasteiger partial charge >= 0.3 is 0 Å². The van der Waals surface area contributed by atoms with Gasteiger partial charge < -0.3 is 14.5 Å². The third-order valence-electron chi connectivity index (χ3n) is 2.70. The van der Waals surface area contributed by atoms with E-state index in [1.54, 1.807) is 12.1 Å². The molecule has 2 aromatic rings. The first-order valence-corrected chi connectivity index (χ1v) is 5.54. The van der Waals surface area contributed by atoms with Crippen LogP contribution in [0.3, 0.4) is 0 Å². The summed E-state index contributed by atoms with van der Waals surface area (Å²) in [4.78, 5) is 10.9. The van der Waals surface area contributed by atoms with Crippen LogP contribution in [-0.4, -0.2) is 10.5 Å². The van der Waals surface area contributed by atoms with E-state index in [1.807, 2.05) is 30.5 Å². The van der Waals surface area contributed by atoms with E-state index in [0.29, 0.717) is 0 Å². The van der Waals surface area contributed by atoms with Gasteiger partial charge in [-0.15, -0.1) is 0 Å². The molecule has 0 spiro atoms. The zero-order valence-electron chi connectivity index (χ0n) is 9.53. The number of carboxylic acids is 1. The van der Waals surface area contributed by atoms with Gasteiger partial charge in [-0.2, -0.15) is 0 Å². The molecule has 0 unspecified atom stereocenters. The molecule has 0 aliphatic rings. The van der Waals surface area contributed by atoms with Crippen molar-refractivity contribution in [2.75, 3.05) is 0 Å². The molecular formula is C13H11ClNO2-. The molecule has 1 aromatic carbocycles. The molecule has 3 nitrogen and oxygen atoms in total. The molecule has 2 rings (SSSR count). The summed E-state index contributed by atoms with van der Waals surface area (Å²) in [6.07, 6.45) is 0. The van der Waals surface area contributed by atoms with Gasteiger partial charge in [-0.25, -0.2) is 0 Å². The SMILES string of the molecule is Cc1ccc(C)n1-c1ccc(Cl)c(C(=O)[O-])c1. The minimum atomic E-state index is -1.26. The number of carbonyl (C=O) groups is 1. The van der Waals surface area contributed by atoms with E-state index in [9.17, 15) is 9.90 Å². The lowest BCUT2D eigenvalue weighted by atomic mass is 10.2. The summed E-state index contributed by atoms with van der Waals surface area (Å²) in [6.45, 7) is 3.92. The van der Waals surface area contributed by atoms with Gasteiger partial charge in [0.15, 0.2) is 0 Å². The molecular weight excluding hydrogens is 238 g/mol. The van der Waals surface area contributed by atoms with E-state index >= 15 is 0 Å². The van der Waals surface area contributed by atoms with E-state index in [1.165, 1.54) is 6.07 Å². The lowest BCUT2D eigenvalue weighted by Gasteiger charge is -2.12. The zero-order chi connectivity index (χ0) is 12.6. The molecule has 4 heteroatoms. The number of hydrogen-bond donors (Lipinski definition) is 0. The number of benzene rings is 1. The van der Waals surface area contributed by atoms with Crippen molar-refractivity contribution in [1.29, 1.82) is 0 Å². The average Bonchev–Trinajstić information content (AvgIpc) is 2.59. The van der Waals surface area contributed by atoms with Gasteiger partial charge in [0.05, 0.1) is 5.97 Å². The topological polar surface area (TPSA) is 45.1 Å². The van der Waals surface area contributed by atoms with Crippen LogP contribution in [0.1, 0.15) is 21.7 Å². The molecule has 1 aromatic heterocycles. The Balaban J connectivity index is 2.62. The van der Waals surface area contributed by atoms with Gasteiger partial charge in [0.2, 0.25) is 0 Å². The van der Waals surface area contributed by atoms with Gasteiger partial charge in [-0.1, -0.05) is 11.6 Å². The van der Waals surface area contributed by atoms with Crippen LogP contribution in [0.5, 0.6) is 0 Å². The van der Waals surface area contributed by atoms with Crippen LogP contribution in [0.4, 0.5) is 0 Å². The third-order valence-corrected chi connectivity index (χ3v) is 3.03. The minimum absolute atomic E-state index is 0.0108. The molecule has 0 fully saturated rings. The molecule has 0 amide bonds. The number of halogens is 1. The Morgan fingerprint density at radius 3 is 2.29 bits per heavy atom. The number of carbonyl (C=O) groups excluding carboxylic acids is 1. The molecule has 0 N–H and O–H groups in total. The Morgan fingerprint density at radius 2 is 1.76 bits per heavy atom. The average molecular weight is 249 g/mol. The van der Waals surface area contributed by atoms with Crippen molar-refractivity contribution in [2.45, 2.75) is 13.8 Å². The number of aromatic carboxylic acids is 1. The number of hydrogen-bond acceptors (Lipinski definition) is 2. The normalized spacial score (nSPS) is 10.5. The minimum Gasteiger partial charge on any atom is -0.545 e. The zero-order valence-corrected chi connectivity index (χ0v) is 10.3. The van der Waals surface area contributed by atoms with Crippen LogP contribution in [-0.2, 0) is 0 Å². The molecule has 0 aliphatic heterocycles. The highest BCUT2D eigenvalue weighted by atomic mass is 35.5. The summed E-state index contributed by atoms with van der Waals surface area (Å²) in [5.41, 5.74) is 2.86. The lowest BCUT2D eigenvalue weighted by molar-refractivity contribution is -0.255. The van der Waals surface area contributed by atoms with Crippen molar-refractivity contribution in [3.05, 3.63) is 52.3 Å². The second-order valence-electron chi connectivity index (χ2n) is 3.90. The van der Waals surface area contributed by atoms with Gasteiger partial charge in [0.1, 0.15) is 0 Å². The third kappa shape index (κ3) is 2.06. The Hall–Kier alpha value is -1.74. The van der Waals surface area contributed by atoms with Crippen LogP contribution in [0, 0.1) is 13.8 Å². The molecule has 0 saturated carbocycles. The fraction of sp³-hybridized carbons (Fsp3) is 0.154. The van der Waals surface area contributed by atoms with Crippen LogP contribution >= 0.6 is 11.6 Å². The highest BCUT2D eigenvalue weighted by molar-refractivity contribution is 6.33. The Bertz CT molecular complexity index is 568. The number of carboxylic acid groups (broad SMARTS) is 1. The van der Waals surface area contributed by atoms with Crippen LogP contribution in [0.25, 0.3) is 5.69 Å². The first-order valence-electron chi connectivity index (χ1n) is 5.17. The second-order valence-corrected chi connectivity index (χ2v) is 4.31. The van der Waals surface area contributed by atoms with Crippen molar-refractivity contribution < 1.29 is 9.90 Å². The number of nitrogens with zero attached hydrogens (tertiary/aromatic N) is 1. The maximum Gasteiger partial charge on any atom is 0.0731 e. The van der Waals surface area contributed by atoms with Crippen molar-refractivity contribution in [2.24, 2.45) is 0 Å². The van der Waals surface area contributed by atoms with Crippen LogP contribution in [0.15, 0.2) is 30.3 Å². The maximum atomic E-state index is 10.9. The molecule has 0 atom stereocenters. The van der Waals surface area contributed by atoms with Crippen molar-refractivity contribution in [1.82, 2.24) is 4.57 Å². The van der Waals surface area contributed by atoms with E-state index in [0.717, 1.165) is 17.1 Å². The van der Waals surface area contributed by atoms with Crippen LogP contribution in [0.2, 0.25) is 5.02 Å². The van der Waals surface area contributed by atoms with E-state index < -0.39 is 5.97 Å². The Morgan fingerprint density at radius 1 is 1.18 bits per heavy atom. The van der Waals surface area contributed by atoms with Crippen molar-refractivity contribution >= 4 is 17.6 Å². The summed E-state index contributed by atoms with van der Waals surface area (Å²) in [5, 5.41) is 11.1. The predicted octanol–water partition coefficient (Wildman–Crippen LogP) is 2.11. The number of rotatable bonds is 2. The molecule has 88 valence electrons. The molecule has 0 radical (unpaired) electrons. The summed E-state index contributed by atoms with van der Waals surface area (Å²) in [7, 11) is 0. The summed E-state index contributed by atoms with van der Waals surface area (Å²) in [5.74, 6) is -1.26. The summed E-state index contributed by atoms with van der Waals surface area (Å²) >= 11 is 5.80. The van der Waals surface area contributed by atoms with E-state index in [4.69, 9.17) is 11.6 Å². The monoisotopic (exact) mass is 248 g/mol. The second kappa shape index (κ2) is 4.26. The quantitative estimate of drug-likeness (QED) is 0.817. The molecule has 0 saturated heterocycles. The van der Waals surface area contributed by atoms with Gasteiger partial charge in [0, 0.05) is 27.7 Å². The number of aromatic nitrogens is 1. The smallest absolute Gasteiger partial charge is 0.0731 e. The van der Waals surface area contributed by atoms with Crippen LogP contribution < -0.4 is 5.11 Å². The summed E-state index contributed by atoms with van der Waals surface area (Å²) < 4.78 is 1.96. The first kappa shape index (κ1) is 11.7. The van der Waals surface area contributed by atoms with Crippen molar-refractivity contribution in [3.63, 3.8) is 0 Å².